The lowest BCUT2D eigenvalue weighted by molar-refractivity contribution is 0.0493. The molecule has 0 aromatic heterocycles. The van der Waals surface area contributed by atoms with Crippen molar-refractivity contribution in [3.05, 3.63) is 35.4 Å². The van der Waals surface area contributed by atoms with Gasteiger partial charge in [-0.15, -0.1) is 0 Å². The lowest BCUT2D eigenvalue weighted by Crippen LogP contribution is -2.27. The average molecular weight is 404 g/mol. The zero-order chi connectivity index (χ0) is 21.0. The normalized spacial score (nSPS) is 15.2. The van der Waals surface area contributed by atoms with Crippen LogP contribution in [0.25, 0.3) is 0 Å². The minimum absolute atomic E-state index is 0.0152. The molecule has 0 saturated heterocycles. The molecule has 1 aliphatic heterocycles. The number of benzene rings is 2. The summed E-state index contributed by atoms with van der Waals surface area (Å²) in [5, 5.41) is 0. The fraction of sp³-hybridized carbons (Fsp3) is 0.381. The van der Waals surface area contributed by atoms with Crippen molar-refractivity contribution in [3.8, 4) is 34.5 Å². The van der Waals surface area contributed by atoms with Crippen LogP contribution in [0.5, 0.6) is 34.5 Å². The predicted octanol–water partition coefficient (Wildman–Crippen LogP) is 3.06. The molecule has 3 rings (SSSR count). The third-order valence-corrected chi connectivity index (χ3v) is 4.69. The Hall–Kier alpha value is -3.13. The van der Waals surface area contributed by atoms with Gasteiger partial charge in [0.25, 0.3) is 0 Å². The second-order valence-corrected chi connectivity index (χ2v) is 6.23. The highest BCUT2D eigenvalue weighted by molar-refractivity contribution is 6.07. The second-order valence-electron chi connectivity index (χ2n) is 6.23. The van der Waals surface area contributed by atoms with Crippen molar-refractivity contribution >= 4 is 5.78 Å². The summed E-state index contributed by atoms with van der Waals surface area (Å²) in [5.74, 6) is 1.97. The Morgan fingerprint density at radius 2 is 1.55 bits per heavy atom. The molecule has 1 heterocycles. The molecule has 0 saturated carbocycles. The van der Waals surface area contributed by atoms with Crippen LogP contribution in [0.3, 0.4) is 0 Å². The van der Waals surface area contributed by atoms with E-state index < -0.39 is 5.92 Å². The Morgan fingerprint density at radius 3 is 2.17 bits per heavy atom. The van der Waals surface area contributed by atoms with Crippen molar-refractivity contribution in [1.82, 2.24) is 0 Å². The van der Waals surface area contributed by atoms with Gasteiger partial charge in [-0.3, -0.25) is 4.79 Å². The van der Waals surface area contributed by atoms with Crippen LogP contribution in [0.1, 0.15) is 21.8 Å². The Kier molecular flexibility index (Phi) is 6.33. The topological polar surface area (TPSA) is 81.7 Å². The van der Waals surface area contributed by atoms with Crippen molar-refractivity contribution in [2.45, 2.75) is 5.92 Å². The maximum Gasteiger partial charge on any atom is 0.188 e. The molecular weight excluding hydrogens is 380 g/mol. The van der Waals surface area contributed by atoms with Crippen molar-refractivity contribution < 1.29 is 38.0 Å². The first kappa shape index (κ1) is 20.6. The summed E-state index contributed by atoms with van der Waals surface area (Å²) in [6.45, 7) is 0.141. The zero-order valence-corrected chi connectivity index (χ0v) is 17.1. The van der Waals surface area contributed by atoms with Gasteiger partial charge >= 0.3 is 0 Å². The van der Waals surface area contributed by atoms with Gasteiger partial charge in [-0.05, 0) is 6.07 Å². The Balaban J connectivity index is 2.09. The lowest BCUT2D eigenvalue weighted by Gasteiger charge is -2.28. The van der Waals surface area contributed by atoms with Gasteiger partial charge in [0.2, 0.25) is 0 Å². The number of carbonyl (C=O) groups is 1. The van der Waals surface area contributed by atoms with E-state index in [1.807, 2.05) is 0 Å². The molecule has 0 fully saturated rings. The SMILES string of the molecule is COCOc1cc(OC)c(OC)cc1C1COc2cc(OC)cc(OC)c2C1=O. The van der Waals surface area contributed by atoms with Gasteiger partial charge in [-0.1, -0.05) is 0 Å². The summed E-state index contributed by atoms with van der Waals surface area (Å²) in [6, 6.07) is 6.71. The standard InChI is InChI=1S/C21H24O8/c1-23-11-29-15-9-17(26-4)16(25-3)8-13(15)14-10-28-19-7-12(24-2)6-18(27-5)20(19)21(14)22/h6-9,14H,10-11H2,1-5H3. The fourth-order valence-electron chi connectivity index (χ4n) is 3.25. The van der Waals surface area contributed by atoms with E-state index in [-0.39, 0.29) is 19.2 Å². The van der Waals surface area contributed by atoms with Gasteiger partial charge in [-0.2, -0.15) is 0 Å². The number of hydrogen-bond donors (Lipinski definition) is 0. The number of ether oxygens (including phenoxy) is 7. The lowest BCUT2D eigenvalue weighted by atomic mass is 9.87. The van der Waals surface area contributed by atoms with Crippen LogP contribution < -0.4 is 28.4 Å². The van der Waals surface area contributed by atoms with Crippen LogP contribution in [0.2, 0.25) is 0 Å². The molecule has 0 N–H and O–H groups in total. The molecule has 1 atom stereocenters. The molecule has 0 bridgehead atoms. The van der Waals surface area contributed by atoms with E-state index in [1.165, 1.54) is 35.5 Å². The van der Waals surface area contributed by atoms with Crippen LogP contribution in [-0.2, 0) is 4.74 Å². The number of carbonyl (C=O) groups excluding carboxylic acids is 1. The fourth-order valence-corrected chi connectivity index (χ4v) is 3.25. The Bertz CT molecular complexity index is 875. The van der Waals surface area contributed by atoms with Gasteiger partial charge in [0.05, 0.1) is 34.4 Å². The maximum atomic E-state index is 13.4. The number of hydrogen-bond acceptors (Lipinski definition) is 8. The van der Waals surface area contributed by atoms with E-state index >= 15 is 0 Å². The van der Waals surface area contributed by atoms with Gasteiger partial charge in [-0.25, -0.2) is 0 Å². The molecule has 8 nitrogen and oxygen atoms in total. The first-order chi connectivity index (χ1) is 14.1. The van der Waals surface area contributed by atoms with Crippen molar-refractivity contribution in [2.24, 2.45) is 0 Å². The van der Waals surface area contributed by atoms with E-state index in [1.54, 1.807) is 24.3 Å². The first-order valence-electron chi connectivity index (χ1n) is 8.88. The highest BCUT2D eigenvalue weighted by atomic mass is 16.7. The summed E-state index contributed by atoms with van der Waals surface area (Å²) in [7, 11) is 7.61. The summed E-state index contributed by atoms with van der Waals surface area (Å²) in [4.78, 5) is 13.4. The number of methoxy groups -OCH3 is 5. The van der Waals surface area contributed by atoms with Crippen molar-refractivity contribution in [3.63, 3.8) is 0 Å². The average Bonchev–Trinajstić information content (AvgIpc) is 2.76. The van der Waals surface area contributed by atoms with Crippen LogP contribution in [0, 0.1) is 0 Å². The van der Waals surface area contributed by atoms with Crippen LogP contribution >= 0.6 is 0 Å². The zero-order valence-electron chi connectivity index (χ0n) is 17.1. The number of Topliss-reactive ketones (excluding diaryl/α,β-unsaturated/α-hetero) is 1. The minimum Gasteiger partial charge on any atom is -0.496 e. The smallest absolute Gasteiger partial charge is 0.188 e. The molecule has 1 unspecified atom stereocenters. The van der Waals surface area contributed by atoms with E-state index in [2.05, 4.69) is 0 Å². The van der Waals surface area contributed by atoms with E-state index in [0.717, 1.165) is 0 Å². The van der Waals surface area contributed by atoms with Crippen LogP contribution in [0.15, 0.2) is 24.3 Å². The van der Waals surface area contributed by atoms with E-state index in [0.29, 0.717) is 45.6 Å². The summed E-state index contributed by atoms with van der Waals surface area (Å²) in [6.07, 6.45) is 0. The quantitative estimate of drug-likeness (QED) is 0.621. The monoisotopic (exact) mass is 404 g/mol. The molecule has 2 aromatic rings. The molecule has 29 heavy (non-hydrogen) atoms. The van der Waals surface area contributed by atoms with E-state index in [9.17, 15) is 4.79 Å². The molecule has 0 radical (unpaired) electrons. The molecular formula is C21H24O8. The number of rotatable bonds is 8. The van der Waals surface area contributed by atoms with Gasteiger partial charge in [0.1, 0.15) is 35.2 Å². The molecule has 8 heteroatoms. The van der Waals surface area contributed by atoms with Crippen molar-refractivity contribution in [2.75, 3.05) is 48.9 Å². The molecule has 1 aliphatic rings. The predicted molar refractivity (Wildman–Crippen MR) is 104 cm³/mol. The van der Waals surface area contributed by atoms with Gasteiger partial charge in [0.15, 0.2) is 24.1 Å². The van der Waals surface area contributed by atoms with Crippen molar-refractivity contribution in [1.29, 1.82) is 0 Å². The van der Waals surface area contributed by atoms with Crippen LogP contribution in [0.4, 0.5) is 0 Å². The summed E-state index contributed by atoms with van der Waals surface area (Å²) < 4.78 is 38.0. The van der Waals surface area contributed by atoms with E-state index in [4.69, 9.17) is 33.2 Å². The first-order valence-corrected chi connectivity index (χ1v) is 8.88. The summed E-state index contributed by atoms with van der Waals surface area (Å²) in [5.41, 5.74) is 0.963. The third kappa shape index (κ3) is 3.88. The van der Waals surface area contributed by atoms with Gasteiger partial charge in [0, 0.05) is 30.9 Å². The highest BCUT2D eigenvalue weighted by Crippen LogP contribution is 2.45. The Morgan fingerprint density at radius 1 is 0.862 bits per heavy atom. The molecule has 156 valence electrons. The number of ketones is 1. The largest absolute Gasteiger partial charge is 0.496 e. The second kappa shape index (κ2) is 8.91. The summed E-state index contributed by atoms with van der Waals surface area (Å²) >= 11 is 0. The molecule has 0 aliphatic carbocycles. The third-order valence-electron chi connectivity index (χ3n) is 4.69. The highest BCUT2D eigenvalue weighted by Gasteiger charge is 2.36. The van der Waals surface area contributed by atoms with Gasteiger partial charge < -0.3 is 33.2 Å². The molecule has 2 aromatic carbocycles. The minimum atomic E-state index is -0.628. The Labute approximate surface area is 169 Å². The number of fused-ring (bicyclic) bond motifs is 1. The van der Waals surface area contributed by atoms with Crippen LogP contribution in [-0.4, -0.2) is 54.7 Å². The maximum absolute atomic E-state index is 13.4. The molecule has 0 spiro atoms. The molecule has 0 amide bonds.